The van der Waals surface area contributed by atoms with Crippen LogP contribution < -0.4 is 14.8 Å². The maximum absolute atomic E-state index is 12.3. The number of para-hydroxylation sites is 1. The van der Waals surface area contributed by atoms with Crippen molar-refractivity contribution in [2.45, 2.75) is 6.92 Å². The molecule has 3 aromatic rings. The minimum absolute atomic E-state index is 0.144. The molecular weight excluding hydrogens is 326 g/mol. The SMILES string of the molecule is Cc1cccc(NC(=O)c2ccc(OCCOc3ccccc3)cc2)c1. The van der Waals surface area contributed by atoms with E-state index >= 15 is 0 Å². The van der Waals surface area contributed by atoms with Crippen molar-refractivity contribution in [3.05, 3.63) is 90.0 Å². The minimum atomic E-state index is -0.144. The van der Waals surface area contributed by atoms with Gasteiger partial charge in [0.05, 0.1) is 0 Å². The summed E-state index contributed by atoms with van der Waals surface area (Å²) in [6.45, 7) is 2.88. The summed E-state index contributed by atoms with van der Waals surface area (Å²) in [6.07, 6.45) is 0. The first-order valence-electron chi connectivity index (χ1n) is 8.49. The zero-order valence-corrected chi connectivity index (χ0v) is 14.6. The molecule has 0 aliphatic rings. The molecule has 0 atom stereocenters. The Morgan fingerprint density at radius 1 is 0.808 bits per heavy atom. The first-order chi connectivity index (χ1) is 12.7. The molecule has 0 saturated heterocycles. The molecular formula is C22H21NO3. The Kier molecular flexibility index (Phi) is 5.88. The summed E-state index contributed by atoms with van der Waals surface area (Å²) in [5.74, 6) is 1.38. The van der Waals surface area contributed by atoms with Gasteiger partial charge in [-0.2, -0.15) is 0 Å². The van der Waals surface area contributed by atoms with Gasteiger partial charge in [0.25, 0.3) is 5.91 Å². The second-order valence-corrected chi connectivity index (χ2v) is 5.86. The zero-order chi connectivity index (χ0) is 18.2. The summed E-state index contributed by atoms with van der Waals surface area (Å²) >= 11 is 0. The quantitative estimate of drug-likeness (QED) is 0.630. The Hall–Kier alpha value is -3.27. The number of anilines is 1. The van der Waals surface area contributed by atoms with Crippen LogP contribution in [0, 0.1) is 6.92 Å². The number of hydrogen-bond acceptors (Lipinski definition) is 3. The van der Waals surface area contributed by atoms with E-state index in [9.17, 15) is 4.79 Å². The Morgan fingerprint density at radius 2 is 1.46 bits per heavy atom. The highest BCUT2D eigenvalue weighted by atomic mass is 16.5. The van der Waals surface area contributed by atoms with Crippen LogP contribution in [0.15, 0.2) is 78.9 Å². The summed E-state index contributed by atoms with van der Waals surface area (Å²) in [6, 6.07) is 24.4. The number of hydrogen-bond donors (Lipinski definition) is 1. The zero-order valence-electron chi connectivity index (χ0n) is 14.6. The van der Waals surface area contributed by atoms with Crippen molar-refractivity contribution in [1.29, 1.82) is 0 Å². The van der Waals surface area contributed by atoms with E-state index < -0.39 is 0 Å². The molecule has 0 unspecified atom stereocenters. The third kappa shape index (κ3) is 5.11. The molecule has 3 aromatic carbocycles. The molecule has 1 N–H and O–H groups in total. The third-order valence-electron chi connectivity index (χ3n) is 3.76. The Bertz CT molecular complexity index is 845. The first kappa shape index (κ1) is 17.5. The van der Waals surface area contributed by atoms with Crippen molar-refractivity contribution >= 4 is 11.6 Å². The lowest BCUT2D eigenvalue weighted by Gasteiger charge is -2.09. The van der Waals surface area contributed by atoms with Crippen LogP contribution in [0.2, 0.25) is 0 Å². The summed E-state index contributed by atoms with van der Waals surface area (Å²) in [7, 11) is 0. The van der Waals surface area contributed by atoms with E-state index in [1.807, 2.05) is 61.5 Å². The molecule has 0 fully saturated rings. The van der Waals surface area contributed by atoms with Gasteiger partial charge < -0.3 is 14.8 Å². The monoisotopic (exact) mass is 347 g/mol. The fourth-order valence-corrected chi connectivity index (χ4v) is 2.46. The molecule has 0 aliphatic heterocycles. The number of benzene rings is 3. The van der Waals surface area contributed by atoms with Crippen LogP contribution in [0.5, 0.6) is 11.5 Å². The Labute approximate surface area is 153 Å². The summed E-state index contributed by atoms with van der Waals surface area (Å²) in [4.78, 5) is 12.3. The predicted octanol–water partition coefficient (Wildman–Crippen LogP) is 4.71. The van der Waals surface area contributed by atoms with Crippen LogP contribution in [0.25, 0.3) is 0 Å². The van der Waals surface area contributed by atoms with Gasteiger partial charge >= 0.3 is 0 Å². The molecule has 0 aromatic heterocycles. The molecule has 0 saturated carbocycles. The second-order valence-electron chi connectivity index (χ2n) is 5.86. The maximum atomic E-state index is 12.3. The van der Waals surface area contributed by atoms with Crippen molar-refractivity contribution < 1.29 is 14.3 Å². The number of carbonyl (C=O) groups excluding carboxylic acids is 1. The smallest absolute Gasteiger partial charge is 0.255 e. The number of amides is 1. The molecule has 0 spiro atoms. The number of carbonyl (C=O) groups is 1. The molecule has 4 heteroatoms. The fourth-order valence-electron chi connectivity index (χ4n) is 2.46. The van der Waals surface area contributed by atoms with Gasteiger partial charge in [0.15, 0.2) is 0 Å². The van der Waals surface area contributed by atoms with Gasteiger partial charge in [0, 0.05) is 11.3 Å². The van der Waals surface area contributed by atoms with Crippen LogP contribution >= 0.6 is 0 Å². The number of nitrogens with one attached hydrogen (secondary N) is 1. The largest absolute Gasteiger partial charge is 0.490 e. The Morgan fingerprint density at radius 3 is 2.12 bits per heavy atom. The highest BCUT2D eigenvalue weighted by Gasteiger charge is 2.06. The van der Waals surface area contributed by atoms with Gasteiger partial charge in [-0.1, -0.05) is 30.3 Å². The minimum Gasteiger partial charge on any atom is -0.490 e. The molecule has 0 bridgehead atoms. The highest BCUT2D eigenvalue weighted by molar-refractivity contribution is 6.04. The van der Waals surface area contributed by atoms with Crippen LogP contribution in [0.4, 0.5) is 5.69 Å². The fraction of sp³-hybridized carbons (Fsp3) is 0.136. The van der Waals surface area contributed by atoms with E-state index in [0.29, 0.717) is 24.5 Å². The summed E-state index contributed by atoms with van der Waals surface area (Å²) < 4.78 is 11.2. The van der Waals surface area contributed by atoms with Crippen molar-refractivity contribution in [1.82, 2.24) is 0 Å². The number of rotatable bonds is 7. The van der Waals surface area contributed by atoms with Gasteiger partial charge in [0.1, 0.15) is 24.7 Å². The highest BCUT2D eigenvalue weighted by Crippen LogP contribution is 2.15. The lowest BCUT2D eigenvalue weighted by Crippen LogP contribution is -2.12. The van der Waals surface area contributed by atoms with Gasteiger partial charge in [-0.15, -0.1) is 0 Å². The lowest BCUT2D eigenvalue weighted by molar-refractivity contribution is 0.102. The average molecular weight is 347 g/mol. The van der Waals surface area contributed by atoms with Crippen molar-refractivity contribution in [2.75, 3.05) is 18.5 Å². The van der Waals surface area contributed by atoms with E-state index in [1.165, 1.54) is 0 Å². The molecule has 0 aliphatic carbocycles. The molecule has 0 radical (unpaired) electrons. The van der Waals surface area contributed by atoms with E-state index in [4.69, 9.17) is 9.47 Å². The van der Waals surface area contributed by atoms with Gasteiger partial charge in [-0.3, -0.25) is 4.79 Å². The van der Waals surface area contributed by atoms with Crippen LogP contribution in [-0.2, 0) is 0 Å². The maximum Gasteiger partial charge on any atom is 0.255 e. The van der Waals surface area contributed by atoms with Crippen LogP contribution in [0.1, 0.15) is 15.9 Å². The van der Waals surface area contributed by atoms with Gasteiger partial charge in [-0.05, 0) is 61.0 Å². The lowest BCUT2D eigenvalue weighted by atomic mass is 10.2. The molecule has 1 amide bonds. The topological polar surface area (TPSA) is 47.6 Å². The van der Waals surface area contributed by atoms with Crippen molar-refractivity contribution in [3.8, 4) is 11.5 Å². The standard InChI is InChI=1S/C22H21NO3/c1-17-6-5-7-19(16-17)23-22(24)18-10-12-21(13-11-18)26-15-14-25-20-8-3-2-4-9-20/h2-13,16H,14-15H2,1H3,(H,23,24). The molecule has 3 rings (SSSR count). The second kappa shape index (κ2) is 8.72. The Balaban J connectivity index is 1.47. The number of ether oxygens (including phenoxy) is 2. The molecule has 4 nitrogen and oxygen atoms in total. The van der Waals surface area contributed by atoms with Gasteiger partial charge in [0.2, 0.25) is 0 Å². The van der Waals surface area contributed by atoms with E-state index in [0.717, 1.165) is 17.0 Å². The van der Waals surface area contributed by atoms with Crippen LogP contribution in [-0.4, -0.2) is 19.1 Å². The molecule has 132 valence electrons. The third-order valence-corrected chi connectivity index (χ3v) is 3.76. The van der Waals surface area contributed by atoms with Crippen molar-refractivity contribution in [2.24, 2.45) is 0 Å². The molecule has 0 heterocycles. The average Bonchev–Trinajstić information content (AvgIpc) is 2.66. The number of aryl methyl sites for hydroxylation is 1. The molecule has 26 heavy (non-hydrogen) atoms. The van der Waals surface area contributed by atoms with Crippen molar-refractivity contribution in [3.63, 3.8) is 0 Å². The summed E-state index contributed by atoms with van der Waals surface area (Å²) in [5, 5.41) is 2.89. The van der Waals surface area contributed by atoms with E-state index in [2.05, 4.69) is 5.32 Å². The normalized spacial score (nSPS) is 10.2. The van der Waals surface area contributed by atoms with E-state index in [1.54, 1.807) is 24.3 Å². The summed E-state index contributed by atoms with van der Waals surface area (Å²) in [5.41, 5.74) is 2.47. The van der Waals surface area contributed by atoms with Gasteiger partial charge in [-0.25, -0.2) is 0 Å². The van der Waals surface area contributed by atoms with E-state index in [-0.39, 0.29) is 5.91 Å². The predicted molar refractivity (Wildman–Crippen MR) is 103 cm³/mol. The first-order valence-corrected chi connectivity index (χ1v) is 8.49. The van der Waals surface area contributed by atoms with Crippen LogP contribution in [0.3, 0.4) is 0 Å².